The lowest BCUT2D eigenvalue weighted by atomic mass is 9.85. The van der Waals surface area contributed by atoms with Gasteiger partial charge in [-0.15, -0.1) is 0 Å². The summed E-state index contributed by atoms with van der Waals surface area (Å²) >= 11 is 0. The highest BCUT2D eigenvalue weighted by Gasteiger charge is 2.42. The third-order valence-corrected chi connectivity index (χ3v) is 5.54. The summed E-state index contributed by atoms with van der Waals surface area (Å²) in [4.78, 5) is 22.9. The van der Waals surface area contributed by atoms with Crippen LogP contribution in [0.25, 0.3) is 0 Å². The van der Waals surface area contributed by atoms with Crippen molar-refractivity contribution in [2.75, 3.05) is 53.1 Å². The molecule has 0 radical (unpaired) electrons. The standard InChI is InChI=1S/C16H28N4O2.2C2HF3O2/c1-18-6-3-15(17-18)13-19-7-4-16(5-8-19)14-22-12-10-20(16)9-11-21-2;2*3-2(4,5)1(6)7/h3,6H,4-5,7-14H2,1-2H3;2*(H,6,7). The van der Waals surface area contributed by atoms with Crippen molar-refractivity contribution in [3.05, 3.63) is 18.0 Å². The molecule has 0 bridgehead atoms. The fraction of sp³-hybridized carbons (Fsp3) is 0.750. The highest BCUT2D eigenvalue weighted by Crippen LogP contribution is 2.32. The number of likely N-dealkylation sites (tertiary alicyclic amines) is 1. The van der Waals surface area contributed by atoms with Gasteiger partial charge in [0.05, 0.1) is 25.5 Å². The predicted molar refractivity (Wildman–Crippen MR) is 112 cm³/mol. The minimum atomic E-state index is -5.08. The van der Waals surface area contributed by atoms with Crippen molar-refractivity contribution in [3.63, 3.8) is 0 Å². The van der Waals surface area contributed by atoms with Crippen molar-refractivity contribution in [3.8, 4) is 0 Å². The molecule has 0 saturated carbocycles. The van der Waals surface area contributed by atoms with Gasteiger partial charge in [0, 0.05) is 58.6 Å². The smallest absolute Gasteiger partial charge is 0.475 e. The van der Waals surface area contributed by atoms with Gasteiger partial charge in [-0.3, -0.25) is 14.5 Å². The Morgan fingerprint density at radius 3 is 2.03 bits per heavy atom. The number of piperidine rings is 1. The first kappa shape index (κ1) is 31.6. The van der Waals surface area contributed by atoms with Crippen LogP contribution in [0.15, 0.2) is 12.3 Å². The number of nitrogens with zero attached hydrogens (tertiary/aromatic N) is 4. The van der Waals surface area contributed by atoms with Crippen LogP contribution in [0.1, 0.15) is 18.5 Å². The second-order valence-electron chi connectivity index (χ2n) is 8.12. The van der Waals surface area contributed by atoms with Crippen molar-refractivity contribution in [1.82, 2.24) is 19.6 Å². The number of methoxy groups -OCH3 is 1. The van der Waals surface area contributed by atoms with E-state index in [1.54, 1.807) is 7.11 Å². The molecule has 1 aromatic rings. The zero-order chi connectivity index (χ0) is 27.6. The Kier molecular flexibility index (Phi) is 12.1. The molecule has 0 aromatic carbocycles. The Bertz CT molecular complexity index is 800. The third-order valence-electron chi connectivity index (χ3n) is 5.54. The van der Waals surface area contributed by atoms with E-state index in [0.29, 0.717) is 0 Å². The van der Waals surface area contributed by atoms with Gasteiger partial charge < -0.3 is 19.7 Å². The second-order valence-corrected chi connectivity index (χ2v) is 8.12. The second kappa shape index (κ2) is 13.8. The number of morpholine rings is 1. The molecule has 2 aliphatic heterocycles. The quantitative estimate of drug-likeness (QED) is 0.545. The van der Waals surface area contributed by atoms with Gasteiger partial charge in [0.1, 0.15) is 0 Å². The van der Waals surface area contributed by atoms with Gasteiger partial charge >= 0.3 is 24.3 Å². The van der Waals surface area contributed by atoms with Crippen LogP contribution in [0.5, 0.6) is 0 Å². The van der Waals surface area contributed by atoms with E-state index in [4.69, 9.17) is 29.3 Å². The number of aryl methyl sites for hydroxylation is 1. The average Bonchev–Trinajstić information content (AvgIpc) is 3.19. The lowest BCUT2D eigenvalue weighted by Gasteiger charge is -2.51. The third kappa shape index (κ3) is 10.7. The van der Waals surface area contributed by atoms with Gasteiger partial charge in [-0.05, 0) is 18.9 Å². The van der Waals surface area contributed by atoms with Crippen LogP contribution in [0.3, 0.4) is 0 Å². The molecule has 0 unspecified atom stereocenters. The van der Waals surface area contributed by atoms with E-state index >= 15 is 0 Å². The topological polar surface area (TPSA) is 117 Å². The lowest BCUT2D eigenvalue weighted by molar-refractivity contribution is -0.193. The molecule has 208 valence electrons. The van der Waals surface area contributed by atoms with Crippen LogP contribution < -0.4 is 0 Å². The minimum absolute atomic E-state index is 0.220. The van der Waals surface area contributed by atoms with Crippen molar-refractivity contribution >= 4 is 11.9 Å². The molecular weight excluding hydrogens is 506 g/mol. The van der Waals surface area contributed by atoms with E-state index in [2.05, 4.69) is 21.0 Å². The summed E-state index contributed by atoms with van der Waals surface area (Å²) in [6, 6.07) is 2.11. The maximum Gasteiger partial charge on any atom is 0.490 e. The SMILES string of the molecule is COCCN1CCOCC12CCN(Cc1ccn(C)n1)CC2.O=C(O)C(F)(F)F.O=C(O)C(F)(F)F. The Morgan fingerprint density at radius 1 is 1.08 bits per heavy atom. The summed E-state index contributed by atoms with van der Waals surface area (Å²) < 4.78 is 76.4. The number of carboxylic acid groups (broad SMARTS) is 2. The fourth-order valence-corrected chi connectivity index (χ4v) is 3.68. The molecule has 0 aliphatic carbocycles. The number of carbonyl (C=O) groups is 2. The Balaban J connectivity index is 0.000000383. The molecule has 3 heterocycles. The molecule has 2 saturated heterocycles. The molecule has 2 fully saturated rings. The summed E-state index contributed by atoms with van der Waals surface area (Å²) in [6.45, 7) is 7.75. The molecule has 10 nitrogen and oxygen atoms in total. The van der Waals surface area contributed by atoms with Crippen molar-refractivity contribution in [2.45, 2.75) is 37.3 Å². The minimum Gasteiger partial charge on any atom is -0.475 e. The number of alkyl halides is 6. The number of halogens is 6. The van der Waals surface area contributed by atoms with Crippen molar-refractivity contribution in [2.24, 2.45) is 7.05 Å². The molecule has 36 heavy (non-hydrogen) atoms. The maximum atomic E-state index is 10.6. The van der Waals surface area contributed by atoms with Crippen LogP contribution >= 0.6 is 0 Å². The van der Waals surface area contributed by atoms with Crippen LogP contribution in [0.2, 0.25) is 0 Å². The first-order valence-corrected chi connectivity index (χ1v) is 10.7. The molecule has 16 heteroatoms. The first-order valence-electron chi connectivity index (χ1n) is 10.7. The van der Waals surface area contributed by atoms with Gasteiger partial charge in [-0.2, -0.15) is 31.4 Å². The van der Waals surface area contributed by atoms with Crippen LogP contribution in [-0.2, 0) is 32.7 Å². The summed E-state index contributed by atoms with van der Waals surface area (Å²) in [7, 11) is 3.75. The molecule has 2 aliphatic rings. The van der Waals surface area contributed by atoms with Gasteiger partial charge in [0.25, 0.3) is 0 Å². The highest BCUT2D eigenvalue weighted by atomic mass is 19.4. The van der Waals surface area contributed by atoms with Crippen molar-refractivity contribution < 1.29 is 55.6 Å². The highest BCUT2D eigenvalue weighted by molar-refractivity contribution is 5.73. The van der Waals surface area contributed by atoms with E-state index in [-0.39, 0.29) is 5.54 Å². The zero-order valence-electron chi connectivity index (χ0n) is 19.8. The summed E-state index contributed by atoms with van der Waals surface area (Å²) in [5.41, 5.74) is 1.38. The Labute approximate surface area is 203 Å². The number of carboxylic acids is 2. The zero-order valence-corrected chi connectivity index (χ0v) is 19.8. The van der Waals surface area contributed by atoms with Gasteiger partial charge in [0.15, 0.2) is 0 Å². The van der Waals surface area contributed by atoms with E-state index in [1.165, 1.54) is 12.8 Å². The van der Waals surface area contributed by atoms with Crippen LogP contribution in [-0.4, -0.2) is 113 Å². The normalized spacial score (nSPS) is 18.6. The van der Waals surface area contributed by atoms with Crippen LogP contribution in [0, 0.1) is 0 Å². The molecular formula is C20H30F6N4O6. The Hall–Kier alpha value is -2.43. The van der Waals surface area contributed by atoms with E-state index in [9.17, 15) is 26.3 Å². The number of hydrogen-bond donors (Lipinski definition) is 2. The number of ether oxygens (including phenoxy) is 2. The lowest BCUT2D eigenvalue weighted by Crippen LogP contribution is -2.61. The van der Waals surface area contributed by atoms with E-state index in [0.717, 1.165) is 58.2 Å². The van der Waals surface area contributed by atoms with Gasteiger partial charge in [0.2, 0.25) is 0 Å². The molecule has 3 rings (SSSR count). The Morgan fingerprint density at radius 2 is 1.61 bits per heavy atom. The molecule has 2 N–H and O–H groups in total. The van der Waals surface area contributed by atoms with Gasteiger partial charge in [-0.25, -0.2) is 9.59 Å². The summed E-state index contributed by atoms with van der Waals surface area (Å²) in [5.74, 6) is -5.51. The summed E-state index contributed by atoms with van der Waals surface area (Å²) in [6.07, 6.45) is -5.81. The van der Waals surface area contributed by atoms with Gasteiger partial charge in [-0.1, -0.05) is 0 Å². The fourth-order valence-electron chi connectivity index (χ4n) is 3.68. The largest absolute Gasteiger partial charge is 0.490 e. The van der Waals surface area contributed by atoms with E-state index < -0.39 is 24.3 Å². The van der Waals surface area contributed by atoms with E-state index in [1.807, 2.05) is 17.9 Å². The molecule has 0 amide bonds. The number of aliphatic carboxylic acids is 2. The number of hydrogen-bond acceptors (Lipinski definition) is 7. The first-order chi connectivity index (χ1) is 16.6. The number of aromatic nitrogens is 2. The molecule has 0 atom stereocenters. The maximum absolute atomic E-state index is 10.6. The van der Waals surface area contributed by atoms with Crippen LogP contribution in [0.4, 0.5) is 26.3 Å². The predicted octanol–water partition coefficient (Wildman–Crippen LogP) is 2.00. The number of rotatable bonds is 5. The molecule has 1 spiro atoms. The average molecular weight is 536 g/mol. The molecule has 1 aromatic heterocycles. The summed E-state index contributed by atoms with van der Waals surface area (Å²) in [5, 5.41) is 18.7. The van der Waals surface area contributed by atoms with Crippen molar-refractivity contribution in [1.29, 1.82) is 0 Å². The monoisotopic (exact) mass is 536 g/mol.